The molecular weight excluding hydrogens is 502 g/mol. The van der Waals surface area contributed by atoms with Crippen molar-refractivity contribution >= 4 is 11.9 Å². The van der Waals surface area contributed by atoms with Crippen LogP contribution in [0.15, 0.2) is 23.8 Å². The summed E-state index contributed by atoms with van der Waals surface area (Å²) in [5.74, 6) is -0.750. The highest BCUT2D eigenvalue weighted by atomic mass is 16.6. The second-order valence-corrected chi connectivity index (χ2v) is 11.9. The van der Waals surface area contributed by atoms with Crippen LogP contribution in [0.4, 0.5) is 0 Å². The lowest BCUT2D eigenvalue weighted by atomic mass is 9.85. The molecule has 0 aromatic carbocycles. The summed E-state index contributed by atoms with van der Waals surface area (Å²) in [4.78, 5) is 23.9. The van der Waals surface area contributed by atoms with E-state index in [1.807, 2.05) is 6.92 Å². The number of ether oxygens (including phenoxy) is 3. The number of hydrogen-bond donors (Lipinski definition) is 4. The monoisotopic (exact) mass is 553 g/mol. The summed E-state index contributed by atoms with van der Waals surface area (Å²) in [7, 11) is 1.62. The van der Waals surface area contributed by atoms with Gasteiger partial charge in [0.2, 0.25) is 5.91 Å². The Hall–Kier alpha value is -1.78. The van der Waals surface area contributed by atoms with Gasteiger partial charge in [-0.3, -0.25) is 4.79 Å². The van der Waals surface area contributed by atoms with Gasteiger partial charge in [-0.25, -0.2) is 4.79 Å². The van der Waals surface area contributed by atoms with Crippen LogP contribution < -0.4 is 5.32 Å². The van der Waals surface area contributed by atoms with Crippen molar-refractivity contribution in [3.8, 4) is 0 Å². The largest absolute Gasteiger partial charge is 0.480 e. The number of aliphatic hydroxyl groups excluding tert-OH is 2. The molecular formula is C30H51NO8. The van der Waals surface area contributed by atoms with Gasteiger partial charge in [-0.1, -0.05) is 39.0 Å². The number of amides is 1. The van der Waals surface area contributed by atoms with Crippen molar-refractivity contribution in [1.82, 2.24) is 5.32 Å². The number of aliphatic hydroxyl groups is 2. The molecule has 10 atom stereocenters. The van der Waals surface area contributed by atoms with Gasteiger partial charge in [0.15, 0.2) is 0 Å². The lowest BCUT2D eigenvalue weighted by Crippen LogP contribution is -2.43. The number of epoxide rings is 1. The Morgan fingerprint density at radius 2 is 1.92 bits per heavy atom. The Morgan fingerprint density at radius 1 is 1.23 bits per heavy atom. The van der Waals surface area contributed by atoms with Crippen LogP contribution in [0, 0.1) is 17.8 Å². The van der Waals surface area contributed by atoms with Gasteiger partial charge in [0.05, 0.1) is 42.5 Å². The number of rotatable bonds is 16. The van der Waals surface area contributed by atoms with Gasteiger partial charge in [-0.15, -0.1) is 0 Å². The summed E-state index contributed by atoms with van der Waals surface area (Å²) in [6.45, 7) is 12.2. The van der Waals surface area contributed by atoms with E-state index in [1.54, 1.807) is 14.0 Å². The van der Waals surface area contributed by atoms with Gasteiger partial charge in [0, 0.05) is 19.6 Å². The summed E-state index contributed by atoms with van der Waals surface area (Å²) >= 11 is 0. The van der Waals surface area contributed by atoms with Crippen molar-refractivity contribution in [1.29, 1.82) is 0 Å². The van der Waals surface area contributed by atoms with Crippen LogP contribution in [0.2, 0.25) is 0 Å². The molecule has 0 bridgehead atoms. The minimum Gasteiger partial charge on any atom is -0.480 e. The topological polar surface area (TPSA) is 138 Å². The first-order chi connectivity index (χ1) is 18.3. The molecule has 0 radical (unpaired) electrons. The number of carboxylic acids is 1. The van der Waals surface area contributed by atoms with Crippen LogP contribution in [0.25, 0.3) is 0 Å². The Morgan fingerprint density at radius 3 is 2.51 bits per heavy atom. The van der Waals surface area contributed by atoms with Crippen molar-refractivity contribution in [2.24, 2.45) is 17.8 Å². The zero-order valence-electron chi connectivity index (χ0n) is 24.8. The SMILES string of the molecule is CO[C@H]([C@@H](C)[C@@H]1O[C@]1(C)C[C@H](C)/C=C/C=C(\C)[C@H]1O[C@@H](CC(=O)N[C@@H](CCCO)C(=O)O)CC[C@@H]1C)[C@@H](C)O. The Kier molecular flexibility index (Phi) is 13.1. The minimum absolute atomic E-state index is 0.0521. The van der Waals surface area contributed by atoms with Crippen molar-refractivity contribution in [3.63, 3.8) is 0 Å². The molecule has 0 saturated carbocycles. The van der Waals surface area contributed by atoms with E-state index < -0.39 is 18.1 Å². The van der Waals surface area contributed by atoms with E-state index in [1.165, 1.54) is 0 Å². The van der Waals surface area contributed by atoms with Crippen molar-refractivity contribution in [3.05, 3.63) is 23.8 Å². The highest BCUT2D eigenvalue weighted by Crippen LogP contribution is 2.47. The van der Waals surface area contributed by atoms with E-state index in [-0.39, 0.29) is 67.2 Å². The molecule has 9 heteroatoms. The second kappa shape index (κ2) is 15.3. The fourth-order valence-corrected chi connectivity index (χ4v) is 6.03. The number of hydrogen-bond acceptors (Lipinski definition) is 7. The highest BCUT2D eigenvalue weighted by Gasteiger charge is 2.56. The predicted molar refractivity (Wildman–Crippen MR) is 149 cm³/mol. The number of carbonyl (C=O) groups is 2. The molecule has 0 aliphatic carbocycles. The van der Waals surface area contributed by atoms with E-state index in [9.17, 15) is 19.8 Å². The van der Waals surface area contributed by atoms with Crippen molar-refractivity contribution in [2.75, 3.05) is 13.7 Å². The standard InChI is InChI=1S/C30H51NO8/c1-18(17-30(6)28(39-30)21(4)27(37-7)22(5)33)10-8-11-19(2)26-20(3)13-14-23(38-26)16-25(34)31-24(29(35)36)12-9-15-32/h8,10-11,18,20-24,26-28,32-33H,9,12-17H2,1-7H3,(H,31,34)(H,35,36)/b10-8+,19-11+/t18-,20+,21-,22-,23-,24+,26-,27-,28+,30-/m1/s1. The van der Waals surface area contributed by atoms with Crippen LogP contribution in [-0.2, 0) is 23.8 Å². The third-order valence-corrected chi connectivity index (χ3v) is 8.16. The summed E-state index contributed by atoms with van der Waals surface area (Å²) in [6.07, 6.45) is 8.31. The summed E-state index contributed by atoms with van der Waals surface area (Å²) in [5.41, 5.74) is 0.850. The molecule has 2 heterocycles. The second-order valence-electron chi connectivity index (χ2n) is 11.9. The van der Waals surface area contributed by atoms with Crippen LogP contribution in [-0.4, -0.2) is 83.1 Å². The molecule has 2 fully saturated rings. The number of nitrogens with one attached hydrogen (secondary N) is 1. The van der Waals surface area contributed by atoms with Crippen LogP contribution in [0.3, 0.4) is 0 Å². The van der Waals surface area contributed by atoms with Gasteiger partial charge in [-0.2, -0.15) is 0 Å². The fourth-order valence-electron chi connectivity index (χ4n) is 6.03. The van der Waals surface area contributed by atoms with Crippen molar-refractivity contribution < 1.29 is 39.1 Å². The normalized spacial score (nSPS) is 31.4. The molecule has 0 aromatic heterocycles. The zero-order chi connectivity index (χ0) is 29.3. The molecule has 1 amide bonds. The van der Waals surface area contributed by atoms with Crippen molar-refractivity contribution in [2.45, 2.75) is 122 Å². The molecule has 4 N–H and O–H groups in total. The van der Waals surface area contributed by atoms with E-state index >= 15 is 0 Å². The minimum atomic E-state index is -1.10. The van der Waals surface area contributed by atoms with E-state index in [2.05, 4.69) is 51.2 Å². The average molecular weight is 554 g/mol. The lowest BCUT2D eigenvalue weighted by molar-refractivity contribution is -0.143. The molecule has 2 rings (SSSR count). The first-order valence-corrected chi connectivity index (χ1v) is 14.3. The number of carboxylic acid groups (broad SMARTS) is 1. The third kappa shape index (κ3) is 9.97. The molecule has 39 heavy (non-hydrogen) atoms. The van der Waals surface area contributed by atoms with Crippen LogP contribution >= 0.6 is 0 Å². The maximum absolute atomic E-state index is 12.5. The van der Waals surface area contributed by atoms with Gasteiger partial charge in [0.25, 0.3) is 0 Å². The predicted octanol–water partition coefficient (Wildman–Crippen LogP) is 3.62. The number of aliphatic carboxylic acids is 1. The molecule has 2 aliphatic heterocycles. The smallest absolute Gasteiger partial charge is 0.326 e. The van der Waals surface area contributed by atoms with E-state index in [0.717, 1.165) is 24.8 Å². The number of carbonyl (C=O) groups excluding carboxylic acids is 1. The molecule has 224 valence electrons. The number of methoxy groups -OCH3 is 1. The molecule has 2 saturated heterocycles. The van der Waals surface area contributed by atoms with Gasteiger partial charge >= 0.3 is 5.97 Å². The lowest BCUT2D eigenvalue weighted by Gasteiger charge is -2.35. The van der Waals surface area contributed by atoms with Gasteiger partial charge in [-0.05, 0) is 70.3 Å². The molecule has 0 aromatic rings. The molecule has 9 nitrogen and oxygen atoms in total. The maximum atomic E-state index is 12.5. The molecule has 0 unspecified atom stereocenters. The van der Waals surface area contributed by atoms with E-state index in [0.29, 0.717) is 12.3 Å². The maximum Gasteiger partial charge on any atom is 0.326 e. The Labute approximate surface area is 234 Å². The van der Waals surface area contributed by atoms with Gasteiger partial charge in [0.1, 0.15) is 6.04 Å². The Balaban J connectivity index is 1.89. The Bertz CT molecular complexity index is 858. The highest BCUT2D eigenvalue weighted by molar-refractivity contribution is 5.83. The van der Waals surface area contributed by atoms with Crippen LogP contribution in [0.1, 0.15) is 80.1 Å². The third-order valence-electron chi connectivity index (χ3n) is 8.16. The van der Waals surface area contributed by atoms with E-state index in [4.69, 9.17) is 19.3 Å². The molecule has 0 spiro atoms. The average Bonchev–Trinajstić information content (AvgIpc) is 3.52. The quantitative estimate of drug-likeness (QED) is 0.168. The fraction of sp³-hybridized carbons (Fsp3) is 0.800. The van der Waals surface area contributed by atoms with Crippen LogP contribution in [0.5, 0.6) is 0 Å². The number of allylic oxidation sites excluding steroid dienone is 3. The summed E-state index contributed by atoms with van der Waals surface area (Å²) < 4.78 is 17.8. The molecule has 2 aliphatic rings. The summed E-state index contributed by atoms with van der Waals surface area (Å²) in [6, 6.07) is -1.00. The zero-order valence-corrected chi connectivity index (χ0v) is 24.8. The first-order valence-electron chi connectivity index (χ1n) is 14.3. The first kappa shape index (κ1) is 33.4. The van der Waals surface area contributed by atoms with Gasteiger partial charge < -0.3 is 34.8 Å². The summed E-state index contributed by atoms with van der Waals surface area (Å²) in [5, 5.41) is 30.8.